The number of hydrogen-bond donors (Lipinski definition) is 0. The summed E-state index contributed by atoms with van der Waals surface area (Å²) in [5, 5.41) is 28.2. The molecule has 26 nitrogen and oxygen atoms in total. The molecule has 0 bridgehead atoms. The molecular weight excluding hydrogens is 1970 g/mol. The zero-order valence-corrected chi connectivity index (χ0v) is 72.1. The van der Waals surface area contributed by atoms with Crippen LogP contribution in [-0.2, 0) is 216 Å². The Morgan fingerprint density at radius 1 is 0.325 bits per heavy atom. The van der Waals surface area contributed by atoms with Crippen LogP contribution >= 0.6 is 0 Å². The molecule has 12 rings (SSSR count). The maximum atomic E-state index is 13.5. The van der Waals surface area contributed by atoms with Gasteiger partial charge in [-0.15, -0.1) is 37.4 Å². The molecule has 0 saturated heterocycles. The first-order valence-corrected chi connectivity index (χ1v) is 31.7. The number of hydrogen-bond acceptors (Lipinski definition) is 18. The average Bonchev–Trinajstić information content (AvgIpc) is 1.41. The van der Waals surface area contributed by atoms with E-state index in [0.717, 1.165) is 101 Å². The molecule has 52 heteroatoms. The van der Waals surface area contributed by atoms with Crippen molar-refractivity contribution in [3.05, 3.63) is 267 Å². The second-order valence-corrected chi connectivity index (χ2v) is 22.9. The van der Waals surface area contributed by atoms with Crippen molar-refractivity contribution in [2.45, 2.75) is 76.7 Å². The summed E-state index contributed by atoms with van der Waals surface area (Å²) in [5.41, 5.74) is -11.1. The number of aryl methyl sites for hydroxylation is 4. The Morgan fingerprint density at radius 3 is 0.875 bits per heavy atom. The molecule has 0 aliphatic heterocycles. The predicted molar refractivity (Wildman–Crippen MR) is 348 cm³/mol. The van der Waals surface area contributed by atoms with Crippen LogP contribution in [-0.4, -0.2) is 92.1 Å². The molecule has 0 N–H and O–H groups in total. The van der Waals surface area contributed by atoms with Crippen LogP contribution < -0.4 is 51.2 Å². The summed E-state index contributed by atoms with van der Waals surface area (Å²) in [6, 6.07) is 34.2. The van der Waals surface area contributed by atoms with Crippen LogP contribution in [0.5, 0.6) is 34.5 Å². The second kappa shape index (κ2) is 42.6. The maximum absolute atomic E-state index is 13.5. The van der Waals surface area contributed by atoms with E-state index in [1.54, 1.807) is 0 Å². The van der Waals surface area contributed by atoms with Gasteiger partial charge in [0.25, 0.3) is 6.43 Å². The molecule has 4 radical (unpaired) electrons. The van der Waals surface area contributed by atoms with Gasteiger partial charge in [-0.25, -0.2) is 28.0 Å². The Bertz CT molecular complexity index is 5690. The minimum atomic E-state index is -5.10. The van der Waals surface area contributed by atoms with Crippen LogP contribution in [0.25, 0.3) is 22.7 Å². The third-order valence-electron chi connectivity index (χ3n) is 15.3. The van der Waals surface area contributed by atoms with Gasteiger partial charge in [-0.3, -0.25) is 0 Å². The third kappa shape index (κ3) is 25.8. The molecule has 0 saturated carbocycles. The Morgan fingerprint density at radius 2 is 0.592 bits per heavy atom. The first-order valence-electron chi connectivity index (χ1n) is 31.7. The zero-order valence-electron chi connectivity index (χ0n) is 60.7. The van der Waals surface area contributed by atoms with Crippen LogP contribution in [0.4, 0.5) is 96.6 Å². The Kier molecular flexibility index (Phi) is 36.0. The number of ether oxygens (including phenoxy) is 6. The van der Waals surface area contributed by atoms with Gasteiger partial charge in [0.2, 0.25) is 0 Å². The second-order valence-electron chi connectivity index (χ2n) is 22.9. The van der Waals surface area contributed by atoms with Gasteiger partial charge in [0, 0.05) is 199 Å². The predicted octanol–water partition coefficient (Wildman–Crippen LogP) is 12.9. The maximum Gasteiger partial charge on any atom is 0.573 e. The van der Waals surface area contributed by atoms with Gasteiger partial charge < -0.3 is 28.4 Å². The number of rotatable bonds is 20. The number of aromatic nitrogens is 16. The molecule has 0 atom stereocenters. The van der Waals surface area contributed by atoms with E-state index in [2.05, 4.69) is 75.4 Å². The summed E-state index contributed by atoms with van der Waals surface area (Å²) in [5.74, 6) is -3.56. The normalized spacial score (nSPS) is 11.6. The molecule has 0 amide bonds. The van der Waals surface area contributed by atoms with Gasteiger partial charge in [0.05, 0.1) is 39.4 Å². The van der Waals surface area contributed by atoms with E-state index in [0.29, 0.717) is 33.6 Å². The van der Waals surface area contributed by atoms with Crippen molar-refractivity contribution in [2.75, 3.05) is 0 Å². The fourth-order valence-electron chi connectivity index (χ4n) is 10.1. The number of halogens is 22. The molecule has 120 heavy (non-hydrogen) atoms. The van der Waals surface area contributed by atoms with Crippen molar-refractivity contribution in [2.24, 2.45) is 28.2 Å². The van der Waals surface area contributed by atoms with E-state index in [-0.39, 0.29) is 176 Å². The SMILES string of the molecule is Cn1nnn(-c2cccc(C(F)(F)F)c2COc2cc[c-]cc2C(F)(F)F)c1=O.Cn1nnn(-c2cccc(C(F)F)c2COc2cc[c-]cc2C(F)(F)F)c1=O.Cn1nnn(-c2cccc(OC(F)(F)F)c2COc2cc[c-]cc2C(F)(F)F)c1=O.Cn1nnn(-c2cccc(OC(F)F)c2COc2cc[c-]cc2C(F)(F)F)c1=O.[Y].[Y].[Y].[Y]. The Labute approximate surface area is 757 Å². The fraction of sp³-hybridized carbons (Fsp3) is 0.235. The molecule has 0 unspecified atom stereocenters. The first kappa shape index (κ1) is 101. The van der Waals surface area contributed by atoms with Crippen LogP contribution in [0, 0.1) is 24.3 Å². The number of alkyl halides is 22. The van der Waals surface area contributed by atoms with Crippen LogP contribution in [0.1, 0.15) is 62.1 Å². The first-order chi connectivity index (χ1) is 54.3. The van der Waals surface area contributed by atoms with Crippen molar-refractivity contribution >= 4 is 0 Å². The molecule has 0 aliphatic rings. The van der Waals surface area contributed by atoms with Gasteiger partial charge in [-0.2, -0.15) is 185 Å². The summed E-state index contributed by atoms with van der Waals surface area (Å²) >= 11 is 0. The number of nitrogens with zero attached hydrogens (tertiary/aromatic N) is 16. The van der Waals surface area contributed by atoms with E-state index in [1.807, 2.05) is 0 Å². The molecular formula is C68H46F22N16O10Y4-4. The van der Waals surface area contributed by atoms with Crippen molar-refractivity contribution in [3.8, 4) is 57.2 Å². The third-order valence-corrected chi connectivity index (χ3v) is 15.3. The molecule has 12 aromatic rings. The minimum absolute atomic E-state index is 0. The monoisotopic (exact) mass is 2020 g/mol. The summed E-state index contributed by atoms with van der Waals surface area (Å²) in [4.78, 5) is 48.4. The summed E-state index contributed by atoms with van der Waals surface area (Å²) < 4.78 is 324. The van der Waals surface area contributed by atoms with Gasteiger partial charge in [-0.1, -0.05) is 30.3 Å². The molecule has 0 spiro atoms. The van der Waals surface area contributed by atoms with E-state index < -0.39 is 167 Å². The smallest absolute Gasteiger partial charge is 0.514 e. The van der Waals surface area contributed by atoms with Crippen LogP contribution in [0.15, 0.2) is 165 Å². The van der Waals surface area contributed by atoms with E-state index in [9.17, 15) is 116 Å². The van der Waals surface area contributed by atoms with E-state index in [1.165, 1.54) is 76.7 Å². The van der Waals surface area contributed by atoms with Gasteiger partial charge in [0.1, 0.15) is 37.9 Å². The largest absolute Gasteiger partial charge is 0.573 e. The fourth-order valence-corrected chi connectivity index (χ4v) is 10.1. The molecule has 0 fully saturated rings. The van der Waals surface area contributed by atoms with Crippen molar-refractivity contribution in [1.82, 2.24) is 79.2 Å². The summed E-state index contributed by atoms with van der Waals surface area (Å²) in [6.07, 6.45) is -31.9. The standard InChI is InChI=1S/C17H11F6N4O3.C17H11F6N4O2.C17H12F5N4O3.C17H12F5N4O2.4Y/c1-26-15(28)27(25-24-26)12-6-4-8-13(30-17(21,22)23)10(12)9-29-14-7-3-2-5-11(14)16(18,19)20;1-26-15(28)27(25-24-26)13-7-4-6-11(16(18,19)20)10(13)9-29-14-8-3-2-5-12(14)17(21,22)23;1-25-16(27)26(24-23-25)12-6-4-8-13(29-15(18)19)10(12)9-28-14-7-3-2-5-11(14)17(20,21)22;1-25-16(27)26(24-23-25)13-7-4-5-10(15(18)19)11(13)9-28-14-8-3-2-6-12(14)17(20,21)22;;;;/h3-8H,9H2,1H3;3-8H,9H2,1H3;3-8,15H,9H2,1H3;3-8,15H,9H2,1H3;;;;/q4*-1;;;;. The van der Waals surface area contributed by atoms with E-state index >= 15 is 0 Å². The van der Waals surface area contributed by atoms with Gasteiger partial charge >= 0.3 is 66.6 Å². The number of benzene rings is 8. The molecule has 4 heterocycles. The van der Waals surface area contributed by atoms with Crippen molar-refractivity contribution in [3.63, 3.8) is 0 Å². The number of tetrazole rings is 4. The van der Waals surface area contributed by atoms with Gasteiger partial charge in [-0.05, 0) is 106 Å². The van der Waals surface area contributed by atoms with Crippen molar-refractivity contribution < 1.29 is 256 Å². The van der Waals surface area contributed by atoms with Crippen molar-refractivity contribution in [1.29, 1.82) is 0 Å². The average molecular weight is 2020 g/mol. The Balaban J connectivity index is 0.000000282. The molecule has 0 aliphatic carbocycles. The van der Waals surface area contributed by atoms with Gasteiger partial charge in [0.15, 0.2) is 0 Å². The molecule has 8 aromatic carbocycles. The Hall–Kier alpha value is -9.08. The quantitative estimate of drug-likeness (QED) is 0.0507. The zero-order chi connectivity index (χ0) is 85.2. The molecule has 628 valence electrons. The minimum Gasteiger partial charge on any atom is -0.514 e. The molecule has 4 aromatic heterocycles. The topological polar surface area (TPSA) is 266 Å². The van der Waals surface area contributed by atoms with E-state index in [4.69, 9.17) is 18.9 Å². The van der Waals surface area contributed by atoms with Crippen LogP contribution in [0.2, 0.25) is 0 Å². The summed E-state index contributed by atoms with van der Waals surface area (Å²) in [7, 11) is 5.13. The van der Waals surface area contributed by atoms with Crippen LogP contribution in [0.3, 0.4) is 0 Å². The summed E-state index contributed by atoms with van der Waals surface area (Å²) in [6.45, 7) is -6.17.